The van der Waals surface area contributed by atoms with Gasteiger partial charge in [0, 0.05) is 48.6 Å². The Morgan fingerprint density at radius 2 is 2.03 bits per heavy atom. The molecule has 7 nitrogen and oxygen atoms in total. The summed E-state index contributed by atoms with van der Waals surface area (Å²) in [4.78, 5) is 6.26. The van der Waals surface area contributed by atoms with Gasteiger partial charge in [0.05, 0.1) is 12.3 Å². The summed E-state index contributed by atoms with van der Waals surface area (Å²) >= 11 is 0. The Balaban J connectivity index is 1.31. The van der Waals surface area contributed by atoms with Crippen LogP contribution in [0.25, 0.3) is 11.3 Å². The van der Waals surface area contributed by atoms with Crippen LogP contribution in [0.5, 0.6) is 5.75 Å². The first-order valence-electron chi connectivity index (χ1n) is 11.4. The molecular formula is C22H24F5N5O2. The zero-order valence-corrected chi connectivity index (χ0v) is 18.1. The summed E-state index contributed by atoms with van der Waals surface area (Å²) in [6, 6.07) is 3.23. The van der Waals surface area contributed by atoms with Gasteiger partial charge in [0.2, 0.25) is 0 Å². The van der Waals surface area contributed by atoms with Crippen molar-refractivity contribution in [3.8, 4) is 17.0 Å². The van der Waals surface area contributed by atoms with Gasteiger partial charge in [-0.1, -0.05) is 0 Å². The normalized spacial score (nSPS) is 32.5. The van der Waals surface area contributed by atoms with Crippen LogP contribution in [0.1, 0.15) is 18.5 Å². The minimum Gasteiger partial charge on any atom is -0.402 e. The smallest absolute Gasteiger partial charge is 0.402 e. The van der Waals surface area contributed by atoms with Gasteiger partial charge in [-0.15, -0.1) is 13.2 Å². The first kappa shape index (κ1) is 22.0. The van der Waals surface area contributed by atoms with Gasteiger partial charge in [0.15, 0.2) is 11.6 Å². The fourth-order valence-corrected chi connectivity index (χ4v) is 6.64. The number of nitrogens with zero attached hydrogens (tertiary/aromatic N) is 4. The quantitative estimate of drug-likeness (QED) is 0.633. The third-order valence-electron chi connectivity index (χ3n) is 7.89. The molecule has 2 N–H and O–H groups in total. The van der Waals surface area contributed by atoms with Crippen LogP contribution in [0.3, 0.4) is 0 Å². The highest BCUT2D eigenvalue weighted by atomic mass is 19.4. The Kier molecular flexibility index (Phi) is 4.87. The number of pyridine rings is 1. The van der Waals surface area contributed by atoms with Crippen LogP contribution in [-0.4, -0.2) is 64.8 Å². The van der Waals surface area contributed by atoms with Gasteiger partial charge in [-0.05, 0) is 42.7 Å². The molecule has 5 fully saturated rings. The van der Waals surface area contributed by atoms with Crippen LogP contribution in [-0.2, 0) is 16.7 Å². The number of ether oxygens (including phenoxy) is 2. The van der Waals surface area contributed by atoms with Crippen molar-refractivity contribution >= 4 is 5.82 Å². The first-order chi connectivity index (χ1) is 16.2. The van der Waals surface area contributed by atoms with Crippen LogP contribution in [0, 0.1) is 17.8 Å². The van der Waals surface area contributed by atoms with Gasteiger partial charge >= 0.3 is 6.36 Å². The Morgan fingerprint density at radius 1 is 1.21 bits per heavy atom. The topological polar surface area (TPSA) is 78.4 Å². The van der Waals surface area contributed by atoms with Crippen molar-refractivity contribution in [2.75, 3.05) is 32.0 Å². The summed E-state index contributed by atoms with van der Waals surface area (Å²) in [7, 11) is 0. The van der Waals surface area contributed by atoms with Gasteiger partial charge in [-0.25, -0.2) is 13.8 Å². The van der Waals surface area contributed by atoms with E-state index in [0.717, 1.165) is 44.3 Å². The van der Waals surface area contributed by atoms with E-state index in [1.54, 1.807) is 6.07 Å². The number of nitrogens with two attached hydrogens (primary N) is 1. The molecular weight excluding hydrogens is 461 g/mol. The molecule has 0 aromatic carbocycles. The molecule has 34 heavy (non-hydrogen) atoms. The van der Waals surface area contributed by atoms with Gasteiger partial charge in [-0.3, -0.25) is 9.58 Å². The molecule has 7 rings (SSSR count). The number of fused-ring (bicyclic) bond motifs is 1. The SMILES string of the molecule is Nc1ncc(-c2cc([C@@]34[C@@H]5[C@H]3[C@H]4C[C@@H]5N3CCCOCC3)n(CC(F)F)n2)cc1OC(F)(F)F. The molecule has 5 aliphatic rings. The fourth-order valence-electron chi connectivity index (χ4n) is 6.64. The number of hydrogen-bond acceptors (Lipinski definition) is 6. The average Bonchev–Trinajstić information content (AvgIpc) is 3.43. The number of halogens is 5. The van der Waals surface area contributed by atoms with E-state index in [1.807, 2.05) is 0 Å². The van der Waals surface area contributed by atoms with Crippen molar-refractivity contribution in [1.82, 2.24) is 19.7 Å². The molecule has 2 aromatic heterocycles. The number of aromatic nitrogens is 3. The summed E-state index contributed by atoms with van der Waals surface area (Å²) in [5, 5.41) is 4.36. The van der Waals surface area contributed by atoms with E-state index in [-0.39, 0.29) is 16.7 Å². The Morgan fingerprint density at radius 3 is 2.76 bits per heavy atom. The van der Waals surface area contributed by atoms with Crippen molar-refractivity contribution in [1.29, 1.82) is 0 Å². The van der Waals surface area contributed by atoms with Crippen molar-refractivity contribution in [3.05, 3.63) is 24.0 Å². The lowest BCUT2D eigenvalue weighted by Crippen LogP contribution is -2.37. The summed E-state index contributed by atoms with van der Waals surface area (Å²) in [5.41, 5.74) is 6.62. The molecule has 1 aliphatic heterocycles. The molecule has 2 bridgehead atoms. The highest BCUT2D eigenvalue weighted by Gasteiger charge is 2.93. The van der Waals surface area contributed by atoms with Crippen molar-refractivity contribution < 1.29 is 31.4 Å². The molecule has 4 saturated carbocycles. The van der Waals surface area contributed by atoms with E-state index in [4.69, 9.17) is 10.5 Å². The van der Waals surface area contributed by atoms with E-state index in [9.17, 15) is 22.0 Å². The van der Waals surface area contributed by atoms with Crippen molar-refractivity contribution in [2.24, 2.45) is 17.8 Å². The highest BCUT2D eigenvalue weighted by Crippen LogP contribution is 2.91. The minimum absolute atomic E-state index is 0.162. The lowest BCUT2D eigenvalue weighted by Gasteiger charge is -2.27. The Labute approximate surface area is 192 Å². The molecule has 4 aliphatic carbocycles. The standard InChI is InChI=1S/C22H24F5N5O2/c23-17(24)10-32-16(8-13(30-32)11-6-15(20(28)29-9-11)34-22(25,26)27)21-12-7-14(19(21)18(12)21)31-2-1-4-33-5-3-31/h6,8-9,12,14,17-19H,1-5,7,10H2,(H2,28,29)/t12-,14+,18-,19+,21-/m1/s1. The molecule has 0 spiro atoms. The summed E-state index contributed by atoms with van der Waals surface area (Å²) in [6.45, 7) is 2.73. The third kappa shape index (κ3) is 3.36. The second kappa shape index (κ2) is 7.51. The fraction of sp³-hybridized carbons (Fsp3) is 0.636. The van der Waals surface area contributed by atoms with Crippen LogP contribution in [0.2, 0.25) is 0 Å². The lowest BCUT2D eigenvalue weighted by molar-refractivity contribution is -0.274. The van der Waals surface area contributed by atoms with Gasteiger partial charge < -0.3 is 15.2 Å². The van der Waals surface area contributed by atoms with Crippen LogP contribution in [0.15, 0.2) is 18.3 Å². The first-order valence-corrected chi connectivity index (χ1v) is 11.4. The number of hydrogen-bond donors (Lipinski definition) is 1. The van der Waals surface area contributed by atoms with E-state index in [0.29, 0.717) is 30.4 Å². The van der Waals surface area contributed by atoms with E-state index >= 15 is 0 Å². The third-order valence-corrected chi connectivity index (χ3v) is 7.89. The second-order valence-electron chi connectivity index (χ2n) is 9.54. The van der Waals surface area contributed by atoms with Gasteiger partial charge in [0.1, 0.15) is 6.54 Å². The molecule has 1 saturated heterocycles. The number of nitrogen functional groups attached to an aromatic ring is 1. The molecule has 0 radical (unpaired) electrons. The predicted octanol–water partition coefficient (Wildman–Crippen LogP) is 3.30. The van der Waals surface area contributed by atoms with Crippen molar-refractivity contribution in [2.45, 2.75) is 43.6 Å². The molecule has 12 heteroatoms. The van der Waals surface area contributed by atoms with Crippen LogP contribution in [0.4, 0.5) is 27.8 Å². The summed E-state index contributed by atoms with van der Waals surface area (Å²) < 4.78 is 75.9. The Hall–Kier alpha value is -2.47. The number of alkyl halides is 5. The van der Waals surface area contributed by atoms with Gasteiger partial charge in [0.25, 0.3) is 6.43 Å². The monoisotopic (exact) mass is 485 g/mol. The maximum absolute atomic E-state index is 13.4. The molecule has 184 valence electrons. The zero-order valence-electron chi connectivity index (χ0n) is 18.1. The largest absolute Gasteiger partial charge is 0.573 e. The maximum Gasteiger partial charge on any atom is 0.573 e. The van der Waals surface area contributed by atoms with E-state index in [1.165, 1.54) is 10.9 Å². The number of anilines is 1. The Bertz CT molecular complexity index is 1090. The van der Waals surface area contributed by atoms with E-state index < -0.39 is 30.9 Å². The second-order valence-corrected chi connectivity index (χ2v) is 9.54. The van der Waals surface area contributed by atoms with Crippen molar-refractivity contribution in [3.63, 3.8) is 0 Å². The zero-order chi connectivity index (χ0) is 23.8. The molecule has 0 amide bonds. The molecule has 5 atom stereocenters. The van der Waals surface area contributed by atoms with Crippen LogP contribution >= 0.6 is 0 Å². The lowest BCUT2D eigenvalue weighted by atomic mass is 10.00. The predicted molar refractivity (Wildman–Crippen MR) is 110 cm³/mol. The average molecular weight is 485 g/mol. The molecule has 0 unspecified atom stereocenters. The maximum atomic E-state index is 13.4. The summed E-state index contributed by atoms with van der Waals surface area (Å²) in [5.74, 6) is 0.217. The number of rotatable bonds is 6. The summed E-state index contributed by atoms with van der Waals surface area (Å²) in [6.07, 6.45) is -4.26. The van der Waals surface area contributed by atoms with Gasteiger partial charge in [-0.2, -0.15) is 5.10 Å². The highest BCUT2D eigenvalue weighted by molar-refractivity contribution is 5.66. The van der Waals surface area contributed by atoms with Crippen LogP contribution < -0.4 is 10.5 Å². The molecule has 2 aromatic rings. The minimum atomic E-state index is -4.94. The van der Waals surface area contributed by atoms with E-state index in [2.05, 4.69) is 19.7 Å². The molecule has 3 heterocycles.